The highest BCUT2D eigenvalue weighted by atomic mass is 35.5. The van der Waals surface area contributed by atoms with Crippen LogP contribution >= 0.6 is 11.6 Å². The van der Waals surface area contributed by atoms with Gasteiger partial charge < -0.3 is 18.9 Å². The number of benzene rings is 2. The maximum absolute atomic E-state index is 11.8. The summed E-state index contributed by atoms with van der Waals surface area (Å²) in [6, 6.07) is 11.9. The molecule has 1 aliphatic rings. The Bertz CT molecular complexity index is 813. The quantitative estimate of drug-likeness (QED) is 0.763. The van der Waals surface area contributed by atoms with Gasteiger partial charge >= 0.3 is 5.97 Å². The molecular weight excluding hydrogens is 346 g/mol. The molecule has 128 valence electrons. The summed E-state index contributed by atoms with van der Waals surface area (Å²) in [5.41, 5.74) is 1.21. The lowest BCUT2D eigenvalue weighted by Crippen LogP contribution is -2.17. The SMILES string of the molecule is N#Cc1ccc(OCC(=O)OCc2cc(Cl)c3c(c2)OCCO3)cc1. The largest absolute Gasteiger partial charge is 0.486 e. The summed E-state index contributed by atoms with van der Waals surface area (Å²) in [7, 11) is 0. The van der Waals surface area contributed by atoms with Gasteiger partial charge in [0.15, 0.2) is 18.1 Å². The van der Waals surface area contributed by atoms with Gasteiger partial charge in [-0.3, -0.25) is 0 Å². The fraction of sp³-hybridized carbons (Fsp3) is 0.222. The lowest BCUT2D eigenvalue weighted by atomic mass is 10.2. The van der Waals surface area contributed by atoms with Crippen molar-refractivity contribution in [2.45, 2.75) is 6.61 Å². The summed E-state index contributed by atoms with van der Waals surface area (Å²) >= 11 is 6.14. The molecule has 3 rings (SSSR count). The normalized spacial score (nSPS) is 12.2. The van der Waals surface area contributed by atoms with E-state index < -0.39 is 5.97 Å². The van der Waals surface area contributed by atoms with Crippen LogP contribution in [0.4, 0.5) is 0 Å². The van der Waals surface area contributed by atoms with Crippen LogP contribution in [-0.4, -0.2) is 25.8 Å². The maximum atomic E-state index is 11.8. The van der Waals surface area contributed by atoms with E-state index in [4.69, 9.17) is 35.8 Å². The Morgan fingerprint density at radius 1 is 1.20 bits per heavy atom. The number of ether oxygens (including phenoxy) is 4. The summed E-state index contributed by atoms with van der Waals surface area (Å²) in [5, 5.41) is 9.14. The van der Waals surface area contributed by atoms with Crippen molar-refractivity contribution >= 4 is 17.6 Å². The van der Waals surface area contributed by atoms with E-state index in [2.05, 4.69) is 0 Å². The first-order chi connectivity index (χ1) is 12.2. The standard InChI is InChI=1S/C18H14ClNO5/c19-15-7-13(8-16-18(15)23-6-5-22-16)10-25-17(21)11-24-14-3-1-12(9-20)2-4-14/h1-4,7-8H,5-6,10-11H2. The molecule has 1 heterocycles. The summed E-state index contributed by atoms with van der Waals surface area (Å²) in [6.07, 6.45) is 0. The molecule has 0 amide bonds. The summed E-state index contributed by atoms with van der Waals surface area (Å²) in [4.78, 5) is 11.8. The molecule has 7 heteroatoms. The molecule has 2 aromatic carbocycles. The number of nitriles is 1. The van der Waals surface area contributed by atoms with E-state index in [-0.39, 0.29) is 13.2 Å². The van der Waals surface area contributed by atoms with Gasteiger partial charge in [-0.25, -0.2) is 4.79 Å². The third kappa shape index (κ3) is 4.34. The number of rotatable bonds is 5. The lowest BCUT2D eigenvalue weighted by Gasteiger charge is -2.20. The molecule has 0 saturated heterocycles. The van der Waals surface area contributed by atoms with Gasteiger partial charge in [-0.15, -0.1) is 0 Å². The molecule has 0 aromatic heterocycles. The molecule has 0 atom stereocenters. The van der Waals surface area contributed by atoms with E-state index in [0.29, 0.717) is 46.6 Å². The first-order valence-corrected chi connectivity index (χ1v) is 7.90. The Morgan fingerprint density at radius 2 is 1.96 bits per heavy atom. The van der Waals surface area contributed by atoms with Crippen LogP contribution in [0.5, 0.6) is 17.2 Å². The molecule has 25 heavy (non-hydrogen) atoms. The third-order valence-corrected chi connectivity index (χ3v) is 3.68. The molecular formula is C18H14ClNO5. The number of hydrogen-bond acceptors (Lipinski definition) is 6. The van der Waals surface area contributed by atoms with E-state index in [9.17, 15) is 4.79 Å². The molecule has 0 bridgehead atoms. The van der Waals surface area contributed by atoms with Gasteiger partial charge in [0, 0.05) is 0 Å². The minimum Gasteiger partial charge on any atom is -0.486 e. The Hall–Kier alpha value is -2.91. The van der Waals surface area contributed by atoms with Crippen molar-refractivity contribution in [2.75, 3.05) is 19.8 Å². The highest BCUT2D eigenvalue weighted by Crippen LogP contribution is 2.38. The van der Waals surface area contributed by atoms with Crippen LogP contribution in [0.3, 0.4) is 0 Å². The summed E-state index contributed by atoms with van der Waals surface area (Å²) in [6.45, 7) is 0.717. The van der Waals surface area contributed by atoms with E-state index in [1.807, 2.05) is 6.07 Å². The number of carbonyl (C=O) groups is 1. The zero-order valence-electron chi connectivity index (χ0n) is 13.2. The molecule has 0 N–H and O–H groups in total. The number of esters is 1. The Balaban J connectivity index is 1.52. The first kappa shape index (κ1) is 16.9. The average molecular weight is 360 g/mol. The zero-order chi connectivity index (χ0) is 17.6. The van der Waals surface area contributed by atoms with Crippen molar-refractivity contribution in [1.29, 1.82) is 5.26 Å². The fourth-order valence-corrected chi connectivity index (χ4v) is 2.51. The van der Waals surface area contributed by atoms with Crippen LogP contribution < -0.4 is 14.2 Å². The van der Waals surface area contributed by atoms with Crippen LogP contribution in [-0.2, 0) is 16.1 Å². The minimum atomic E-state index is -0.518. The van der Waals surface area contributed by atoms with Crippen molar-refractivity contribution in [3.63, 3.8) is 0 Å². The Labute approximate surface area is 149 Å². The van der Waals surface area contributed by atoms with Gasteiger partial charge in [-0.05, 0) is 42.0 Å². The Morgan fingerprint density at radius 3 is 2.72 bits per heavy atom. The number of nitrogens with zero attached hydrogens (tertiary/aromatic N) is 1. The molecule has 0 spiro atoms. The molecule has 0 aliphatic carbocycles. The molecule has 0 radical (unpaired) electrons. The fourth-order valence-electron chi connectivity index (χ4n) is 2.22. The van der Waals surface area contributed by atoms with Gasteiger partial charge in [0.25, 0.3) is 0 Å². The second-order valence-corrected chi connectivity index (χ2v) is 5.59. The van der Waals surface area contributed by atoms with Crippen LogP contribution in [0.1, 0.15) is 11.1 Å². The monoisotopic (exact) mass is 359 g/mol. The molecule has 1 aliphatic heterocycles. The van der Waals surface area contributed by atoms with Crippen molar-refractivity contribution in [1.82, 2.24) is 0 Å². The molecule has 2 aromatic rings. The van der Waals surface area contributed by atoms with Crippen LogP contribution in [0.15, 0.2) is 36.4 Å². The van der Waals surface area contributed by atoms with Gasteiger partial charge in [0.2, 0.25) is 0 Å². The minimum absolute atomic E-state index is 0.0475. The second-order valence-electron chi connectivity index (χ2n) is 5.19. The van der Waals surface area contributed by atoms with E-state index in [1.165, 1.54) is 0 Å². The Kier molecular flexibility index (Phi) is 5.26. The average Bonchev–Trinajstić information content (AvgIpc) is 2.65. The smallest absolute Gasteiger partial charge is 0.344 e. The predicted molar refractivity (Wildman–Crippen MR) is 88.9 cm³/mol. The topological polar surface area (TPSA) is 77.8 Å². The van der Waals surface area contributed by atoms with Crippen LogP contribution in [0.25, 0.3) is 0 Å². The van der Waals surface area contributed by atoms with Crippen LogP contribution in [0.2, 0.25) is 5.02 Å². The lowest BCUT2D eigenvalue weighted by molar-refractivity contribution is -0.147. The summed E-state index contributed by atoms with van der Waals surface area (Å²) < 4.78 is 21.4. The van der Waals surface area contributed by atoms with Crippen LogP contribution in [0, 0.1) is 11.3 Å². The molecule has 0 fully saturated rings. The second kappa shape index (κ2) is 7.77. The van der Waals surface area contributed by atoms with Gasteiger partial charge in [-0.2, -0.15) is 5.26 Å². The number of halogens is 1. The van der Waals surface area contributed by atoms with Gasteiger partial charge in [0.05, 0.1) is 16.7 Å². The summed E-state index contributed by atoms with van der Waals surface area (Å²) in [5.74, 6) is 1.01. The highest BCUT2D eigenvalue weighted by Gasteiger charge is 2.17. The first-order valence-electron chi connectivity index (χ1n) is 7.52. The van der Waals surface area contributed by atoms with Crippen molar-refractivity contribution < 1.29 is 23.7 Å². The van der Waals surface area contributed by atoms with E-state index in [1.54, 1.807) is 36.4 Å². The van der Waals surface area contributed by atoms with E-state index in [0.717, 1.165) is 0 Å². The number of hydrogen-bond donors (Lipinski definition) is 0. The van der Waals surface area contributed by atoms with Crippen molar-refractivity contribution in [3.8, 4) is 23.3 Å². The molecule has 0 saturated carbocycles. The molecule has 6 nitrogen and oxygen atoms in total. The highest BCUT2D eigenvalue weighted by molar-refractivity contribution is 6.32. The van der Waals surface area contributed by atoms with Gasteiger partial charge in [0.1, 0.15) is 25.6 Å². The zero-order valence-corrected chi connectivity index (χ0v) is 13.9. The van der Waals surface area contributed by atoms with Crippen molar-refractivity contribution in [3.05, 3.63) is 52.5 Å². The van der Waals surface area contributed by atoms with Gasteiger partial charge in [-0.1, -0.05) is 11.6 Å². The third-order valence-electron chi connectivity index (χ3n) is 3.40. The van der Waals surface area contributed by atoms with E-state index >= 15 is 0 Å². The maximum Gasteiger partial charge on any atom is 0.344 e. The number of fused-ring (bicyclic) bond motifs is 1. The molecule has 0 unspecified atom stereocenters. The number of carbonyl (C=O) groups excluding carboxylic acids is 1. The predicted octanol–water partition coefficient (Wildman–Crippen LogP) is 3.11. The van der Waals surface area contributed by atoms with Crippen molar-refractivity contribution in [2.24, 2.45) is 0 Å².